The minimum Gasteiger partial charge on any atom is -0.323 e. The summed E-state index contributed by atoms with van der Waals surface area (Å²) in [7, 11) is 1.90. The molecular weight excluding hydrogens is 320 g/mol. The Morgan fingerprint density at radius 3 is 2.75 bits per heavy atom. The van der Waals surface area contributed by atoms with E-state index in [0.29, 0.717) is 6.04 Å². The number of hydrogen-bond acceptors (Lipinski definition) is 4. The highest BCUT2D eigenvalue weighted by Crippen LogP contribution is 2.31. The predicted octanol–water partition coefficient (Wildman–Crippen LogP) is 3.51. The van der Waals surface area contributed by atoms with Crippen molar-refractivity contribution >= 4 is 23.1 Å². The van der Waals surface area contributed by atoms with Gasteiger partial charge in [-0.1, -0.05) is 0 Å². The average Bonchev–Trinajstić information content (AvgIpc) is 3.12. The van der Waals surface area contributed by atoms with E-state index < -0.39 is 0 Å². The van der Waals surface area contributed by atoms with Crippen LogP contribution in [0.2, 0.25) is 0 Å². The van der Waals surface area contributed by atoms with Crippen molar-refractivity contribution in [1.29, 1.82) is 0 Å². The van der Waals surface area contributed by atoms with E-state index in [0.717, 1.165) is 41.8 Å². The first-order chi connectivity index (χ1) is 11.7. The van der Waals surface area contributed by atoms with Gasteiger partial charge in [-0.15, -0.1) is 11.3 Å². The van der Waals surface area contributed by atoms with Gasteiger partial charge in [0.2, 0.25) is 0 Å². The number of thiazole rings is 1. The minimum absolute atomic E-state index is 0.0281. The standard InChI is InChI=1S/C18H22N4OS/c1-21(16-8-10-22(12-16)15-6-7-15)18(23)20-14-4-2-13(3-5-14)17-19-9-11-24-17/h2-5,9,11,15-16H,6-8,10,12H2,1H3,(H,20,23)/t16-/m1/s1. The van der Waals surface area contributed by atoms with Gasteiger partial charge in [0.1, 0.15) is 5.01 Å². The maximum atomic E-state index is 12.5. The quantitative estimate of drug-likeness (QED) is 0.925. The molecule has 1 aliphatic heterocycles. The zero-order chi connectivity index (χ0) is 16.5. The second-order valence-corrected chi connectivity index (χ2v) is 7.52. The molecule has 1 aromatic carbocycles. The number of carbonyl (C=O) groups is 1. The maximum Gasteiger partial charge on any atom is 0.321 e. The summed E-state index contributed by atoms with van der Waals surface area (Å²) in [5, 5.41) is 5.96. The summed E-state index contributed by atoms with van der Waals surface area (Å²) in [6.07, 6.45) is 5.53. The van der Waals surface area contributed by atoms with Gasteiger partial charge in [-0.05, 0) is 43.5 Å². The molecule has 0 unspecified atom stereocenters. The first kappa shape index (κ1) is 15.6. The van der Waals surface area contributed by atoms with Crippen LogP contribution < -0.4 is 5.32 Å². The summed E-state index contributed by atoms with van der Waals surface area (Å²) in [6, 6.07) is 8.95. The molecule has 1 saturated carbocycles. The van der Waals surface area contributed by atoms with Gasteiger partial charge in [-0.25, -0.2) is 9.78 Å². The van der Waals surface area contributed by atoms with Gasteiger partial charge in [0.25, 0.3) is 0 Å². The van der Waals surface area contributed by atoms with Crippen molar-refractivity contribution < 1.29 is 4.79 Å². The first-order valence-corrected chi connectivity index (χ1v) is 9.36. The summed E-state index contributed by atoms with van der Waals surface area (Å²) in [5.74, 6) is 0. The highest BCUT2D eigenvalue weighted by molar-refractivity contribution is 7.13. The first-order valence-electron chi connectivity index (χ1n) is 8.48. The number of likely N-dealkylation sites (tertiary alicyclic amines) is 1. The average molecular weight is 342 g/mol. The molecule has 0 bridgehead atoms. The van der Waals surface area contributed by atoms with Crippen molar-refractivity contribution in [3.63, 3.8) is 0 Å². The Morgan fingerprint density at radius 1 is 1.29 bits per heavy atom. The fourth-order valence-corrected chi connectivity index (χ4v) is 3.94. The summed E-state index contributed by atoms with van der Waals surface area (Å²) in [4.78, 5) is 21.2. The number of amides is 2. The summed E-state index contributed by atoms with van der Waals surface area (Å²) in [5.41, 5.74) is 1.90. The Balaban J connectivity index is 1.35. The van der Waals surface area contributed by atoms with E-state index in [4.69, 9.17) is 0 Å². The predicted molar refractivity (Wildman–Crippen MR) is 97.3 cm³/mol. The molecule has 1 saturated heterocycles. The van der Waals surface area contributed by atoms with E-state index in [-0.39, 0.29) is 6.03 Å². The third-order valence-electron chi connectivity index (χ3n) is 4.94. The fourth-order valence-electron chi connectivity index (χ4n) is 3.30. The normalized spacial score (nSPS) is 21.0. The smallest absolute Gasteiger partial charge is 0.321 e. The number of carbonyl (C=O) groups excluding carboxylic acids is 1. The highest BCUT2D eigenvalue weighted by Gasteiger charge is 2.36. The minimum atomic E-state index is -0.0281. The Bertz CT molecular complexity index is 696. The van der Waals surface area contributed by atoms with Crippen LogP contribution >= 0.6 is 11.3 Å². The maximum absolute atomic E-state index is 12.5. The van der Waals surface area contributed by atoms with Crippen molar-refractivity contribution in [2.75, 3.05) is 25.5 Å². The van der Waals surface area contributed by atoms with E-state index >= 15 is 0 Å². The molecule has 2 aromatic rings. The van der Waals surface area contributed by atoms with Gasteiger partial charge in [0.15, 0.2) is 0 Å². The van der Waals surface area contributed by atoms with Crippen molar-refractivity contribution in [2.45, 2.75) is 31.3 Å². The van der Waals surface area contributed by atoms with Gasteiger partial charge < -0.3 is 10.2 Å². The van der Waals surface area contributed by atoms with Gasteiger partial charge in [-0.3, -0.25) is 4.90 Å². The molecule has 1 aliphatic carbocycles. The number of likely N-dealkylation sites (N-methyl/N-ethyl adjacent to an activating group) is 1. The van der Waals surface area contributed by atoms with Crippen LogP contribution in [-0.4, -0.2) is 53.0 Å². The van der Waals surface area contributed by atoms with Crippen molar-refractivity contribution in [1.82, 2.24) is 14.8 Å². The fraction of sp³-hybridized carbons (Fsp3) is 0.444. The van der Waals surface area contributed by atoms with Crippen LogP contribution in [0.15, 0.2) is 35.8 Å². The van der Waals surface area contributed by atoms with E-state index in [1.807, 2.05) is 41.6 Å². The molecule has 0 radical (unpaired) electrons. The van der Waals surface area contributed by atoms with Crippen LogP contribution in [0.3, 0.4) is 0 Å². The van der Waals surface area contributed by atoms with Crippen LogP contribution in [0.25, 0.3) is 10.6 Å². The number of urea groups is 1. The van der Waals surface area contributed by atoms with Crippen LogP contribution in [0.4, 0.5) is 10.5 Å². The van der Waals surface area contributed by atoms with Gasteiger partial charge in [0.05, 0.1) is 0 Å². The molecule has 6 heteroatoms. The molecular formula is C18H22N4OS. The van der Waals surface area contributed by atoms with E-state index in [1.54, 1.807) is 17.5 Å². The number of anilines is 1. The molecule has 0 spiro atoms. The molecule has 2 amide bonds. The number of benzene rings is 1. The van der Waals surface area contributed by atoms with Crippen LogP contribution in [0, 0.1) is 0 Å². The second kappa shape index (κ2) is 6.53. The van der Waals surface area contributed by atoms with Crippen LogP contribution in [0.1, 0.15) is 19.3 Å². The van der Waals surface area contributed by atoms with Crippen molar-refractivity contribution in [3.05, 3.63) is 35.8 Å². The Kier molecular flexibility index (Phi) is 4.24. The third kappa shape index (κ3) is 3.30. The summed E-state index contributed by atoms with van der Waals surface area (Å²) < 4.78 is 0. The van der Waals surface area contributed by atoms with Crippen LogP contribution in [-0.2, 0) is 0 Å². The monoisotopic (exact) mass is 342 g/mol. The molecule has 4 rings (SSSR count). The molecule has 1 aromatic heterocycles. The topological polar surface area (TPSA) is 48.5 Å². The summed E-state index contributed by atoms with van der Waals surface area (Å²) in [6.45, 7) is 2.13. The molecule has 2 aliphatic rings. The van der Waals surface area contributed by atoms with Gasteiger partial charge >= 0.3 is 6.03 Å². The largest absolute Gasteiger partial charge is 0.323 e. The second-order valence-electron chi connectivity index (χ2n) is 6.62. The molecule has 2 fully saturated rings. The number of nitrogens with zero attached hydrogens (tertiary/aromatic N) is 3. The van der Waals surface area contributed by atoms with Crippen LogP contribution in [0.5, 0.6) is 0 Å². The number of rotatable bonds is 4. The Labute approximate surface area is 146 Å². The van der Waals surface area contributed by atoms with E-state index in [9.17, 15) is 4.79 Å². The SMILES string of the molecule is CN(C(=O)Nc1ccc(-c2nccs2)cc1)[C@@H]1CCN(C2CC2)C1. The highest BCUT2D eigenvalue weighted by atomic mass is 32.1. The van der Waals surface area contributed by atoms with E-state index in [1.165, 1.54) is 12.8 Å². The lowest BCUT2D eigenvalue weighted by Gasteiger charge is -2.25. The lowest BCUT2D eigenvalue weighted by Crippen LogP contribution is -2.41. The summed E-state index contributed by atoms with van der Waals surface area (Å²) >= 11 is 1.61. The van der Waals surface area contributed by atoms with Crippen molar-refractivity contribution in [2.24, 2.45) is 0 Å². The van der Waals surface area contributed by atoms with Crippen molar-refractivity contribution in [3.8, 4) is 10.6 Å². The lowest BCUT2D eigenvalue weighted by atomic mass is 10.2. The van der Waals surface area contributed by atoms with E-state index in [2.05, 4.69) is 15.2 Å². The number of nitrogens with one attached hydrogen (secondary N) is 1. The Morgan fingerprint density at radius 2 is 2.08 bits per heavy atom. The molecule has 2 heterocycles. The Hall–Kier alpha value is -1.92. The molecule has 126 valence electrons. The molecule has 1 N–H and O–H groups in total. The zero-order valence-electron chi connectivity index (χ0n) is 13.8. The molecule has 5 nitrogen and oxygen atoms in total. The number of aromatic nitrogens is 1. The van der Waals surface area contributed by atoms with Gasteiger partial charge in [-0.2, -0.15) is 0 Å². The van der Waals surface area contributed by atoms with Gasteiger partial charge in [0, 0.05) is 55.0 Å². The number of hydrogen-bond donors (Lipinski definition) is 1. The molecule has 24 heavy (non-hydrogen) atoms. The molecule has 1 atom stereocenters. The zero-order valence-corrected chi connectivity index (χ0v) is 14.6. The third-order valence-corrected chi connectivity index (χ3v) is 5.76. The lowest BCUT2D eigenvalue weighted by molar-refractivity contribution is 0.201.